The largest absolute Gasteiger partial charge is 0.481 e. The van der Waals surface area contributed by atoms with Gasteiger partial charge in [0.15, 0.2) is 6.29 Å². The molecule has 1 heterocycles. The van der Waals surface area contributed by atoms with Crippen LogP contribution in [0.1, 0.15) is 170 Å². The minimum absolute atomic E-state index is 0.0145. The molecule has 286 valence electrons. The molecule has 1 aliphatic rings. The highest BCUT2D eigenvalue weighted by Gasteiger charge is 2.33. The average molecular weight is 709 g/mol. The number of unbranched alkanes of at least 4 members (excludes halogenated alkanes) is 13. The number of nitrogens with one attached hydrogen (secondary N) is 1. The summed E-state index contributed by atoms with van der Waals surface area (Å²) in [5.74, 6) is -0.751. The van der Waals surface area contributed by atoms with E-state index >= 15 is 0 Å². The van der Waals surface area contributed by atoms with Crippen molar-refractivity contribution in [3.63, 3.8) is 0 Å². The smallest absolute Gasteiger partial charge is 0.303 e. The van der Waals surface area contributed by atoms with E-state index < -0.39 is 12.3 Å². The lowest BCUT2D eigenvalue weighted by molar-refractivity contribution is -0.253. The van der Waals surface area contributed by atoms with Crippen LogP contribution in [0.15, 0.2) is 48.5 Å². The maximum absolute atomic E-state index is 12.4. The fourth-order valence-electron chi connectivity index (χ4n) is 6.84. The Bertz CT molecular complexity index is 1190. The molecule has 0 aliphatic carbocycles. The van der Waals surface area contributed by atoms with Crippen LogP contribution in [0.25, 0.3) is 0 Å². The molecule has 2 aromatic carbocycles. The normalized spacial score (nSPS) is 17.5. The summed E-state index contributed by atoms with van der Waals surface area (Å²) in [6.45, 7) is 8.12. The van der Waals surface area contributed by atoms with Crippen molar-refractivity contribution in [3.05, 3.63) is 70.8 Å². The maximum Gasteiger partial charge on any atom is 0.303 e. The van der Waals surface area contributed by atoms with Crippen LogP contribution in [0.2, 0.25) is 0 Å². The average Bonchev–Trinajstić information content (AvgIpc) is 3.14. The lowest BCUT2D eigenvalue weighted by atomic mass is 9.99. The summed E-state index contributed by atoms with van der Waals surface area (Å²) in [6, 6.07) is 16.3. The van der Waals surface area contributed by atoms with Gasteiger partial charge in [0.25, 0.3) is 0 Å². The van der Waals surface area contributed by atoms with Gasteiger partial charge in [0.05, 0.1) is 18.8 Å². The highest BCUT2D eigenvalue weighted by molar-refractivity contribution is 5.75. The van der Waals surface area contributed by atoms with Crippen LogP contribution in [-0.2, 0) is 32.2 Å². The Balaban J connectivity index is 1.62. The molecular weight excluding hydrogens is 640 g/mol. The fraction of sp³-hybridized carbons (Fsp3) is 0.674. The lowest BCUT2D eigenvalue weighted by Crippen LogP contribution is -2.40. The molecule has 0 bridgehead atoms. The lowest BCUT2D eigenvalue weighted by Gasteiger charge is -2.38. The van der Waals surface area contributed by atoms with Gasteiger partial charge in [-0.25, -0.2) is 0 Å². The van der Waals surface area contributed by atoms with E-state index in [0.29, 0.717) is 19.4 Å². The minimum Gasteiger partial charge on any atom is -0.481 e. The second kappa shape index (κ2) is 26.1. The van der Waals surface area contributed by atoms with Crippen LogP contribution in [0.3, 0.4) is 0 Å². The van der Waals surface area contributed by atoms with Crippen LogP contribution in [0.4, 0.5) is 0 Å². The third-order valence-electron chi connectivity index (χ3n) is 10.0. The highest BCUT2D eigenvalue weighted by Crippen LogP contribution is 2.38. The van der Waals surface area contributed by atoms with Gasteiger partial charge >= 0.3 is 5.97 Å². The van der Waals surface area contributed by atoms with Gasteiger partial charge in [-0.2, -0.15) is 0 Å². The number of carbonyl (C=O) groups excluding carboxylic acids is 1. The van der Waals surface area contributed by atoms with Crippen molar-refractivity contribution in [3.8, 4) is 0 Å². The van der Waals surface area contributed by atoms with E-state index in [1.165, 1.54) is 77.0 Å². The molecule has 0 saturated carbocycles. The third kappa shape index (κ3) is 18.0. The van der Waals surface area contributed by atoms with Crippen molar-refractivity contribution in [2.45, 2.75) is 167 Å². The Kier molecular flexibility index (Phi) is 21.8. The molecule has 0 aromatic heterocycles. The molecule has 1 fully saturated rings. The number of hydrogen-bond acceptors (Lipinski definition) is 6. The Labute approximate surface area is 308 Å². The van der Waals surface area contributed by atoms with Crippen LogP contribution in [0.5, 0.6) is 0 Å². The van der Waals surface area contributed by atoms with Gasteiger partial charge in [-0.3, -0.25) is 9.59 Å². The first-order valence-electron chi connectivity index (χ1n) is 20.2. The van der Waals surface area contributed by atoms with Gasteiger partial charge in [0.1, 0.15) is 0 Å². The number of benzene rings is 2. The number of aliphatic hydroxyl groups excluding tert-OH is 1. The molecule has 8 nitrogen and oxygen atoms in total. The molecule has 0 radical (unpaired) electrons. The second-order valence-corrected chi connectivity index (χ2v) is 14.5. The number of amides is 1. The first-order chi connectivity index (χ1) is 24.9. The van der Waals surface area contributed by atoms with Gasteiger partial charge in [0, 0.05) is 37.9 Å². The van der Waals surface area contributed by atoms with Crippen molar-refractivity contribution in [1.82, 2.24) is 10.2 Å². The standard InChI is InChI=1S/C43H68N2O6/c1-3-5-7-9-13-17-29-45(30-18-14-10-8-6-4-2)33-39-31-40(37-25-23-36(34-46)24-26-37)51-43(50-39)38-27-21-35(22-28-38)32-44-41(47)19-15-11-12-16-20-42(48)49/h21-28,39-40,43,46H,3-20,29-34H2,1-2H3,(H,44,47)(H,48,49)/t39-,40+,43+/m1/s1. The van der Waals surface area contributed by atoms with Crippen molar-refractivity contribution >= 4 is 11.9 Å². The number of nitrogens with zero attached hydrogens (tertiary/aromatic N) is 1. The van der Waals surface area contributed by atoms with Crippen molar-refractivity contribution in [1.29, 1.82) is 0 Å². The van der Waals surface area contributed by atoms with Gasteiger partial charge in [-0.05, 0) is 55.5 Å². The number of carboxylic acid groups (broad SMARTS) is 1. The zero-order valence-corrected chi connectivity index (χ0v) is 31.8. The van der Waals surface area contributed by atoms with E-state index in [2.05, 4.69) is 36.2 Å². The van der Waals surface area contributed by atoms with E-state index in [9.17, 15) is 14.7 Å². The minimum atomic E-state index is -0.766. The predicted molar refractivity (Wildman–Crippen MR) is 205 cm³/mol. The molecule has 51 heavy (non-hydrogen) atoms. The first kappa shape index (κ1) is 42.6. The summed E-state index contributed by atoms with van der Waals surface area (Å²) in [6.07, 6.45) is 19.5. The van der Waals surface area contributed by atoms with E-state index in [-0.39, 0.29) is 31.1 Å². The zero-order valence-electron chi connectivity index (χ0n) is 31.8. The quantitative estimate of drug-likeness (QED) is 0.0756. The topological polar surface area (TPSA) is 108 Å². The number of rotatable bonds is 28. The van der Waals surface area contributed by atoms with Crippen LogP contribution in [0, 0.1) is 0 Å². The summed E-state index contributed by atoms with van der Waals surface area (Å²) in [7, 11) is 0. The fourth-order valence-corrected chi connectivity index (χ4v) is 6.84. The maximum atomic E-state index is 12.4. The number of aliphatic hydroxyl groups is 1. The number of aliphatic carboxylic acids is 1. The van der Waals surface area contributed by atoms with Gasteiger partial charge in [-0.1, -0.05) is 139 Å². The number of hydrogen-bond donors (Lipinski definition) is 3. The molecule has 1 aliphatic heterocycles. The molecule has 3 rings (SSSR count). The van der Waals surface area contributed by atoms with Crippen molar-refractivity contribution in [2.24, 2.45) is 0 Å². The summed E-state index contributed by atoms with van der Waals surface area (Å²) in [5.41, 5.74) is 3.97. The Morgan fingerprint density at radius 3 is 1.80 bits per heavy atom. The van der Waals surface area contributed by atoms with Crippen molar-refractivity contribution < 1.29 is 29.3 Å². The molecule has 8 heteroatoms. The third-order valence-corrected chi connectivity index (χ3v) is 10.0. The molecule has 1 saturated heterocycles. The Hall–Kier alpha value is -2.78. The molecule has 2 aromatic rings. The Morgan fingerprint density at radius 1 is 0.686 bits per heavy atom. The molecule has 1 amide bonds. The Morgan fingerprint density at radius 2 is 1.22 bits per heavy atom. The van der Waals surface area contributed by atoms with Gasteiger partial charge in [0.2, 0.25) is 5.91 Å². The monoisotopic (exact) mass is 709 g/mol. The number of carbonyl (C=O) groups is 2. The molecule has 0 unspecified atom stereocenters. The van der Waals surface area contributed by atoms with Crippen LogP contribution < -0.4 is 5.32 Å². The zero-order chi connectivity index (χ0) is 36.5. The first-order valence-corrected chi connectivity index (χ1v) is 20.2. The van der Waals surface area contributed by atoms with Gasteiger partial charge < -0.3 is 29.9 Å². The van der Waals surface area contributed by atoms with E-state index in [4.69, 9.17) is 14.6 Å². The van der Waals surface area contributed by atoms with Crippen LogP contribution >= 0.6 is 0 Å². The SMILES string of the molecule is CCCCCCCCN(CCCCCCCC)C[C@H]1C[C@@H](c2ccc(CO)cc2)O[C@@H](c2ccc(CNC(=O)CCCCCCC(=O)O)cc2)O1. The van der Waals surface area contributed by atoms with Gasteiger partial charge in [-0.15, -0.1) is 0 Å². The molecule has 3 atom stereocenters. The van der Waals surface area contributed by atoms with E-state index in [0.717, 1.165) is 67.6 Å². The molecule has 3 N–H and O–H groups in total. The summed E-state index contributed by atoms with van der Waals surface area (Å²) in [4.78, 5) is 25.7. The predicted octanol–water partition coefficient (Wildman–Crippen LogP) is 9.79. The van der Waals surface area contributed by atoms with E-state index in [1.54, 1.807) is 0 Å². The second-order valence-electron chi connectivity index (χ2n) is 14.5. The number of carboxylic acids is 1. The molecule has 0 spiro atoms. The summed E-state index contributed by atoms with van der Waals surface area (Å²) in [5, 5.41) is 21.4. The number of ether oxygens (including phenoxy) is 2. The highest BCUT2D eigenvalue weighted by atomic mass is 16.7. The molecular formula is C43H68N2O6. The summed E-state index contributed by atoms with van der Waals surface area (Å²) < 4.78 is 13.4. The van der Waals surface area contributed by atoms with Crippen molar-refractivity contribution in [2.75, 3.05) is 19.6 Å². The van der Waals surface area contributed by atoms with Crippen LogP contribution in [-0.4, -0.2) is 52.7 Å². The van der Waals surface area contributed by atoms with E-state index in [1.807, 2.05) is 36.4 Å². The summed E-state index contributed by atoms with van der Waals surface area (Å²) >= 11 is 0.